The number of methoxy groups -OCH3 is 1. The lowest BCUT2D eigenvalue weighted by molar-refractivity contribution is 0.0210. The number of hydrogen-bond acceptors (Lipinski definition) is 5. The molecule has 1 heterocycles. The van der Waals surface area contributed by atoms with Crippen LogP contribution in [0.15, 0.2) is 36.5 Å². The van der Waals surface area contributed by atoms with Crippen molar-refractivity contribution in [3.8, 4) is 24.3 Å². The summed E-state index contributed by atoms with van der Waals surface area (Å²) in [4.78, 5) is 0. The second kappa shape index (κ2) is 6.63. The highest BCUT2D eigenvalue weighted by molar-refractivity contribution is 5.80. The van der Waals surface area contributed by atoms with Crippen molar-refractivity contribution in [3.63, 3.8) is 0 Å². The van der Waals surface area contributed by atoms with E-state index in [9.17, 15) is 10.5 Å². The number of benzene rings is 1. The Labute approximate surface area is 134 Å². The molecule has 0 aliphatic rings. The maximum atomic E-state index is 9.42. The Morgan fingerprint density at radius 3 is 2.30 bits per heavy atom. The third kappa shape index (κ3) is 2.72. The largest absolute Gasteiger partial charge is 0.361 e. The third-order valence-electron chi connectivity index (χ3n) is 3.86. The standard InChI is InChI=1S/C17H13N5O/c1-23-16(8-17(11-20,12-21)14(9-18)10-19)22-7-6-13-4-2-3-5-15(13)22/h2-7,14,16H,8H2,1H3. The fraction of sp³-hybridized carbons (Fsp3) is 0.294. The third-order valence-corrected chi connectivity index (χ3v) is 3.86. The second-order valence-electron chi connectivity index (χ2n) is 5.06. The van der Waals surface area contributed by atoms with Crippen molar-refractivity contribution >= 4 is 10.9 Å². The quantitative estimate of drug-likeness (QED) is 0.843. The molecule has 0 aliphatic carbocycles. The summed E-state index contributed by atoms with van der Waals surface area (Å²) < 4.78 is 7.24. The van der Waals surface area contributed by atoms with Gasteiger partial charge in [0.2, 0.25) is 0 Å². The number of hydrogen-bond donors (Lipinski definition) is 0. The second-order valence-corrected chi connectivity index (χ2v) is 5.06. The molecule has 112 valence electrons. The Hall–Kier alpha value is -3.32. The van der Waals surface area contributed by atoms with Gasteiger partial charge in [-0.3, -0.25) is 0 Å². The summed E-state index contributed by atoms with van der Waals surface area (Å²) in [5.41, 5.74) is -0.871. The van der Waals surface area contributed by atoms with Gasteiger partial charge in [-0.05, 0) is 17.5 Å². The molecule has 6 heteroatoms. The van der Waals surface area contributed by atoms with E-state index in [1.54, 1.807) is 22.9 Å². The molecule has 1 unspecified atom stereocenters. The van der Waals surface area contributed by atoms with E-state index in [-0.39, 0.29) is 6.42 Å². The van der Waals surface area contributed by atoms with Crippen LogP contribution >= 0.6 is 0 Å². The zero-order chi connectivity index (χ0) is 16.9. The van der Waals surface area contributed by atoms with Gasteiger partial charge in [-0.2, -0.15) is 21.0 Å². The maximum absolute atomic E-state index is 9.42. The first kappa shape index (κ1) is 16.1. The highest BCUT2D eigenvalue weighted by atomic mass is 16.5. The average molecular weight is 303 g/mol. The van der Waals surface area contributed by atoms with Gasteiger partial charge in [0.25, 0.3) is 0 Å². The highest BCUT2D eigenvalue weighted by Crippen LogP contribution is 2.36. The molecule has 6 nitrogen and oxygen atoms in total. The molecule has 1 atom stereocenters. The molecule has 0 saturated carbocycles. The highest BCUT2D eigenvalue weighted by Gasteiger charge is 2.43. The lowest BCUT2D eigenvalue weighted by Gasteiger charge is -2.26. The van der Waals surface area contributed by atoms with Crippen molar-refractivity contribution in [1.29, 1.82) is 21.0 Å². The van der Waals surface area contributed by atoms with Crippen LogP contribution in [0.2, 0.25) is 0 Å². The van der Waals surface area contributed by atoms with Gasteiger partial charge in [0, 0.05) is 19.7 Å². The first-order chi connectivity index (χ1) is 11.2. The summed E-state index contributed by atoms with van der Waals surface area (Å²) in [7, 11) is 1.46. The molecule has 1 aromatic heterocycles. The van der Waals surface area contributed by atoms with E-state index in [0.717, 1.165) is 10.9 Å². The van der Waals surface area contributed by atoms with Gasteiger partial charge in [0.1, 0.15) is 6.23 Å². The minimum Gasteiger partial charge on any atom is -0.361 e. The Morgan fingerprint density at radius 2 is 1.74 bits per heavy atom. The number of ether oxygens (including phenoxy) is 1. The van der Waals surface area contributed by atoms with Crippen molar-refractivity contribution in [2.24, 2.45) is 11.3 Å². The number of para-hydroxylation sites is 1. The van der Waals surface area contributed by atoms with Crippen molar-refractivity contribution in [3.05, 3.63) is 36.5 Å². The zero-order valence-corrected chi connectivity index (χ0v) is 12.5. The van der Waals surface area contributed by atoms with Crippen LogP contribution in [0.25, 0.3) is 10.9 Å². The Bertz CT molecular complexity index is 843. The smallest absolute Gasteiger partial charge is 0.176 e. The summed E-state index contributed by atoms with van der Waals surface area (Å²) in [5, 5.41) is 38.0. The van der Waals surface area contributed by atoms with E-state index >= 15 is 0 Å². The molecule has 23 heavy (non-hydrogen) atoms. The van der Waals surface area contributed by atoms with Crippen LogP contribution in [0.5, 0.6) is 0 Å². The molecule has 1 aromatic carbocycles. The fourth-order valence-electron chi connectivity index (χ4n) is 2.54. The molecule has 0 aliphatic heterocycles. The van der Waals surface area contributed by atoms with E-state index in [0.29, 0.717) is 0 Å². The van der Waals surface area contributed by atoms with E-state index in [4.69, 9.17) is 15.3 Å². The summed E-state index contributed by atoms with van der Waals surface area (Å²) in [6.07, 6.45) is 1.07. The van der Waals surface area contributed by atoms with Gasteiger partial charge < -0.3 is 9.30 Å². The van der Waals surface area contributed by atoms with Crippen LogP contribution in [-0.4, -0.2) is 11.7 Å². The van der Waals surface area contributed by atoms with Crippen LogP contribution in [0.4, 0.5) is 0 Å². The fourth-order valence-corrected chi connectivity index (χ4v) is 2.54. The number of aromatic nitrogens is 1. The van der Waals surface area contributed by atoms with Crippen molar-refractivity contribution < 1.29 is 4.74 Å². The first-order valence-corrected chi connectivity index (χ1v) is 6.86. The molecule has 0 fully saturated rings. The van der Waals surface area contributed by atoms with Crippen LogP contribution < -0.4 is 0 Å². The van der Waals surface area contributed by atoms with Crippen LogP contribution in [0, 0.1) is 56.7 Å². The predicted molar refractivity (Wildman–Crippen MR) is 81.0 cm³/mol. The van der Waals surface area contributed by atoms with Gasteiger partial charge in [-0.1, -0.05) is 18.2 Å². The monoisotopic (exact) mass is 303 g/mol. The van der Waals surface area contributed by atoms with Crippen LogP contribution in [0.1, 0.15) is 12.6 Å². The van der Waals surface area contributed by atoms with Gasteiger partial charge in [0.05, 0.1) is 29.8 Å². The molecular weight excluding hydrogens is 290 g/mol. The summed E-state index contributed by atoms with van der Waals surface area (Å²) in [6, 6.07) is 16.7. The molecule has 0 bridgehead atoms. The van der Waals surface area contributed by atoms with Crippen LogP contribution in [0.3, 0.4) is 0 Å². The SMILES string of the molecule is COC(CC(C#N)(C#N)C(C#N)C#N)n1ccc2ccccc21. The number of rotatable bonds is 5. The lowest BCUT2D eigenvalue weighted by Crippen LogP contribution is -2.30. The molecule has 0 spiro atoms. The topological polar surface area (TPSA) is 109 Å². The Morgan fingerprint density at radius 1 is 1.09 bits per heavy atom. The Kier molecular flexibility index (Phi) is 4.63. The molecular formula is C17H13N5O. The van der Waals surface area contributed by atoms with E-state index < -0.39 is 17.6 Å². The summed E-state index contributed by atoms with van der Waals surface area (Å²) >= 11 is 0. The van der Waals surface area contributed by atoms with E-state index in [2.05, 4.69) is 0 Å². The van der Waals surface area contributed by atoms with E-state index in [1.807, 2.05) is 42.5 Å². The lowest BCUT2D eigenvalue weighted by atomic mass is 9.76. The minimum absolute atomic E-state index is 0.0824. The molecule has 0 amide bonds. The number of nitriles is 4. The minimum atomic E-state index is -1.75. The van der Waals surface area contributed by atoms with Gasteiger partial charge in [-0.25, -0.2) is 0 Å². The number of fused-ring (bicyclic) bond motifs is 1. The van der Waals surface area contributed by atoms with Crippen molar-refractivity contribution in [1.82, 2.24) is 4.57 Å². The van der Waals surface area contributed by atoms with Crippen molar-refractivity contribution in [2.45, 2.75) is 12.6 Å². The Balaban J connectivity index is 2.46. The first-order valence-electron chi connectivity index (χ1n) is 6.86. The molecule has 2 rings (SSSR count). The van der Waals surface area contributed by atoms with Gasteiger partial charge in [0.15, 0.2) is 11.3 Å². The van der Waals surface area contributed by atoms with Gasteiger partial charge >= 0.3 is 0 Å². The zero-order valence-electron chi connectivity index (χ0n) is 12.5. The van der Waals surface area contributed by atoms with Gasteiger partial charge in [-0.15, -0.1) is 0 Å². The average Bonchev–Trinajstić information content (AvgIpc) is 3.03. The van der Waals surface area contributed by atoms with Crippen molar-refractivity contribution in [2.75, 3.05) is 7.11 Å². The summed E-state index contributed by atoms with van der Waals surface area (Å²) in [5.74, 6) is -1.35. The summed E-state index contributed by atoms with van der Waals surface area (Å²) in [6.45, 7) is 0. The normalized spacial score (nSPS) is 12.1. The predicted octanol–water partition coefficient (Wildman–Crippen LogP) is 2.87. The molecule has 0 N–H and O–H groups in total. The molecule has 2 aromatic rings. The number of nitrogens with zero attached hydrogens (tertiary/aromatic N) is 5. The van der Waals surface area contributed by atoms with Crippen LogP contribution in [-0.2, 0) is 4.74 Å². The molecule has 0 saturated heterocycles. The molecule has 0 radical (unpaired) electrons. The maximum Gasteiger partial charge on any atom is 0.176 e. The van der Waals surface area contributed by atoms with E-state index in [1.165, 1.54) is 7.11 Å².